The van der Waals surface area contributed by atoms with Gasteiger partial charge in [0.1, 0.15) is 17.9 Å². The third kappa shape index (κ3) is 5.41. The number of hydrogen-bond acceptors (Lipinski definition) is 9. The van der Waals surface area contributed by atoms with Crippen LogP contribution in [-0.4, -0.2) is 47.4 Å². The van der Waals surface area contributed by atoms with Crippen molar-refractivity contribution >= 4 is 23.7 Å². The first-order valence-electron chi connectivity index (χ1n) is 10.1. The smallest absolute Gasteiger partial charge is 0.482 e. The average molecular weight is 488 g/mol. The molecule has 2 aromatic carbocycles. The Bertz CT molecular complexity index is 1200. The van der Waals surface area contributed by atoms with Crippen molar-refractivity contribution in [2.75, 3.05) is 20.3 Å². The zero-order valence-corrected chi connectivity index (χ0v) is 18.7. The summed E-state index contributed by atoms with van der Waals surface area (Å²) in [6.07, 6.45) is 2.03. The molecule has 0 N–H and O–H groups in total. The number of hydrogen-bond donors (Lipinski definition) is 0. The Morgan fingerprint density at radius 3 is 2.79 bits per heavy atom. The Morgan fingerprint density at radius 1 is 1.18 bits per heavy atom. The Balaban J connectivity index is 1.69. The number of carbonyl (C=O) groups is 2. The molecule has 1 atom stereocenters. The number of nitrogens with zero attached hydrogens (tertiary/aromatic N) is 3. The number of benzene rings is 2. The Kier molecular flexibility index (Phi) is 7.19. The van der Waals surface area contributed by atoms with Gasteiger partial charge in [0.25, 0.3) is 0 Å². The van der Waals surface area contributed by atoms with E-state index in [-0.39, 0.29) is 24.8 Å². The number of halogens is 2. The molecular weight excluding hydrogens is 469 g/mol. The third-order valence-corrected chi connectivity index (χ3v) is 5.30. The summed E-state index contributed by atoms with van der Waals surface area (Å²) in [7, 11) is 1.25. The maximum absolute atomic E-state index is 13.9. The first-order chi connectivity index (χ1) is 16.4. The molecule has 0 saturated heterocycles. The highest BCUT2D eigenvalue weighted by molar-refractivity contribution is 6.30. The lowest BCUT2D eigenvalue weighted by Crippen LogP contribution is -2.39. The highest BCUT2D eigenvalue weighted by Gasteiger charge is 2.35. The molecule has 9 nitrogen and oxygen atoms in total. The van der Waals surface area contributed by atoms with Gasteiger partial charge in [-0.1, -0.05) is 17.7 Å². The van der Waals surface area contributed by atoms with Gasteiger partial charge in [-0.2, -0.15) is 0 Å². The highest BCUT2D eigenvalue weighted by Crippen LogP contribution is 2.41. The van der Waals surface area contributed by atoms with Crippen molar-refractivity contribution in [3.05, 3.63) is 82.5 Å². The molecule has 4 rings (SSSR count). The number of ether oxygens (including phenoxy) is 3. The number of rotatable bonds is 6. The number of aromatic nitrogens is 2. The van der Waals surface area contributed by atoms with E-state index in [9.17, 15) is 14.0 Å². The fraction of sp³-hybridized carbons (Fsp3) is 0.217. The Labute approximate surface area is 198 Å². The number of methoxy groups -OCH3 is 1. The quantitative estimate of drug-likeness (QED) is 0.479. The molecule has 11 heteroatoms. The standard InChI is InChI=1S/C23H19ClFN3O6/c1-31-21(29)12-32-19-5-2-15(24)11-18(19)22-17-4-3-16(25)10-14(17)7-9-28(22)34-23(30)33-20-6-8-26-13-27-20/h2-6,8,10-11,13,22H,7,9,12H2,1H3/t22-/m0/s1. The molecular formula is C23H19ClFN3O6. The van der Waals surface area contributed by atoms with E-state index in [4.69, 9.17) is 25.9 Å². The van der Waals surface area contributed by atoms with Crippen molar-refractivity contribution in [2.24, 2.45) is 0 Å². The van der Waals surface area contributed by atoms with Crippen molar-refractivity contribution in [1.82, 2.24) is 15.0 Å². The van der Waals surface area contributed by atoms with Gasteiger partial charge in [0.2, 0.25) is 5.88 Å². The largest absolute Gasteiger partial charge is 0.534 e. The van der Waals surface area contributed by atoms with Crippen LogP contribution in [0.3, 0.4) is 0 Å². The Morgan fingerprint density at radius 2 is 2.03 bits per heavy atom. The highest BCUT2D eigenvalue weighted by atomic mass is 35.5. The molecule has 2 heterocycles. The molecule has 1 aromatic heterocycles. The molecule has 34 heavy (non-hydrogen) atoms. The Hall–Kier alpha value is -3.76. The van der Waals surface area contributed by atoms with Crippen molar-refractivity contribution in [3.63, 3.8) is 0 Å². The lowest BCUT2D eigenvalue weighted by molar-refractivity contribution is -0.143. The first kappa shape index (κ1) is 23.4. The number of hydroxylamine groups is 2. The first-order valence-corrected chi connectivity index (χ1v) is 10.5. The predicted molar refractivity (Wildman–Crippen MR) is 117 cm³/mol. The zero-order chi connectivity index (χ0) is 24.1. The molecule has 1 aliphatic rings. The number of fused-ring (bicyclic) bond motifs is 1. The molecule has 0 bridgehead atoms. The molecule has 0 spiro atoms. The summed E-state index contributed by atoms with van der Waals surface area (Å²) < 4.78 is 29.4. The second-order valence-corrected chi connectivity index (χ2v) is 7.61. The van der Waals surface area contributed by atoms with Crippen LogP contribution >= 0.6 is 11.6 Å². The second kappa shape index (κ2) is 10.4. The minimum atomic E-state index is -1.02. The summed E-state index contributed by atoms with van der Waals surface area (Å²) in [6, 6.07) is 9.84. The summed E-state index contributed by atoms with van der Waals surface area (Å²) >= 11 is 6.27. The van der Waals surface area contributed by atoms with Gasteiger partial charge in [-0.3, -0.25) is 0 Å². The molecule has 0 saturated carbocycles. The predicted octanol–water partition coefficient (Wildman–Crippen LogP) is 3.90. The van der Waals surface area contributed by atoms with Crippen LogP contribution in [0.4, 0.5) is 9.18 Å². The van der Waals surface area contributed by atoms with Crippen LogP contribution in [0.25, 0.3) is 0 Å². The van der Waals surface area contributed by atoms with E-state index in [1.807, 2.05) is 0 Å². The fourth-order valence-corrected chi connectivity index (χ4v) is 3.77. The number of carbonyl (C=O) groups excluding carboxylic acids is 2. The topological polar surface area (TPSA) is 100 Å². The van der Waals surface area contributed by atoms with E-state index in [0.717, 1.165) is 5.56 Å². The molecule has 0 fully saturated rings. The normalized spacial score (nSPS) is 15.2. The lowest BCUT2D eigenvalue weighted by Gasteiger charge is -2.36. The van der Waals surface area contributed by atoms with Crippen LogP contribution in [0.1, 0.15) is 22.7 Å². The molecule has 3 aromatic rings. The minimum absolute atomic E-state index is 0.0147. The van der Waals surface area contributed by atoms with Gasteiger partial charge in [0.15, 0.2) is 6.61 Å². The maximum Gasteiger partial charge on any atom is 0.534 e. The van der Waals surface area contributed by atoms with Crippen LogP contribution in [0.15, 0.2) is 55.0 Å². The van der Waals surface area contributed by atoms with E-state index in [2.05, 4.69) is 14.7 Å². The van der Waals surface area contributed by atoms with Crippen LogP contribution < -0.4 is 9.47 Å². The zero-order valence-electron chi connectivity index (χ0n) is 17.9. The monoisotopic (exact) mass is 487 g/mol. The summed E-state index contributed by atoms with van der Waals surface area (Å²) in [6.45, 7) is -0.117. The second-order valence-electron chi connectivity index (χ2n) is 7.17. The minimum Gasteiger partial charge on any atom is -0.482 e. The van der Waals surface area contributed by atoms with Crippen LogP contribution in [0.2, 0.25) is 5.02 Å². The van der Waals surface area contributed by atoms with Crippen LogP contribution in [0, 0.1) is 5.82 Å². The van der Waals surface area contributed by atoms with Crippen LogP contribution in [0.5, 0.6) is 11.6 Å². The van der Waals surface area contributed by atoms with Gasteiger partial charge in [0, 0.05) is 29.4 Å². The molecule has 0 radical (unpaired) electrons. The maximum atomic E-state index is 13.9. The van der Waals surface area contributed by atoms with E-state index in [0.29, 0.717) is 28.3 Å². The van der Waals surface area contributed by atoms with E-state index >= 15 is 0 Å². The van der Waals surface area contributed by atoms with Crippen LogP contribution in [-0.2, 0) is 20.8 Å². The van der Waals surface area contributed by atoms with Gasteiger partial charge in [-0.05, 0) is 47.9 Å². The van der Waals surface area contributed by atoms with Gasteiger partial charge in [-0.25, -0.2) is 23.9 Å². The van der Waals surface area contributed by atoms with Gasteiger partial charge >= 0.3 is 12.1 Å². The number of esters is 1. The van der Waals surface area contributed by atoms with Crippen molar-refractivity contribution in [1.29, 1.82) is 0 Å². The van der Waals surface area contributed by atoms with Crippen molar-refractivity contribution < 1.29 is 33.0 Å². The summed E-state index contributed by atoms with van der Waals surface area (Å²) in [5.41, 5.74) is 1.90. The van der Waals surface area contributed by atoms with Crippen molar-refractivity contribution in [2.45, 2.75) is 12.5 Å². The van der Waals surface area contributed by atoms with E-state index < -0.39 is 18.2 Å². The van der Waals surface area contributed by atoms with Gasteiger partial charge in [-0.15, -0.1) is 5.06 Å². The summed E-state index contributed by atoms with van der Waals surface area (Å²) in [5, 5.41) is 1.78. The summed E-state index contributed by atoms with van der Waals surface area (Å²) in [5.74, 6) is -0.632. The summed E-state index contributed by atoms with van der Waals surface area (Å²) in [4.78, 5) is 37.3. The SMILES string of the molecule is COC(=O)COc1ccc(Cl)cc1[C@@H]1c2ccc(F)cc2CCN1OC(=O)Oc1ccncn1. The molecule has 1 aliphatic heterocycles. The fourth-order valence-electron chi connectivity index (χ4n) is 3.59. The van der Waals surface area contributed by atoms with E-state index in [1.54, 1.807) is 24.3 Å². The molecule has 0 aliphatic carbocycles. The average Bonchev–Trinajstić information content (AvgIpc) is 2.83. The lowest BCUT2D eigenvalue weighted by atomic mass is 9.89. The third-order valence-electron chi connectivity index (χ3n) is 5.06. The van der Waals surface area contributed by atoms with Gasteiger partial charge in [0.05, 0.1) is 13.2 Å². The van der Waals surface area contributed by atoms with E-state index in [1.165, 1.54) is 42.9 Å². The van der Waals surface area contributed by atoms with Crippen molar-refractivity contribution in [3.8, 4) is 11.6 Å². The molecule has 0 amide bonds. The molecule has 0 unspecified atom stereocenters. The van der Waals surface area contributed by atoms with Gasteiger partial charge < -0.3 is 19.0 Å². The molecule has 176 valence electrons.